The summed E-state index contributed by atoms with van der Waals surface area (Å²) in [5.74, 6) is -0.256. The smallest absolute Gasteiger partial charge is 0.248 e. The number of nitrogens with one attached hydrogen (secondary N) is 1. The van der Waals surface area contributed by atoms with Gasteiger partial charge in [-0.2, -0.15) is 0 Å². The second-order valence-electron chi connectivity index (χ2n) is 6.66. The van der Waals surface area contributed by atoms with Gasteiger partial charge >= 0.3 is 0 Å². The lowest BCUT2D eigenvalue weighted by Gasteiger charge is -2.31. The zero-order valence-corrected chi connectivity index (χ0v) is 14.3. The summed E-state index contributed by atoms with van der Waals surface area (Å²) in [6.07, 6.45) is 5.59. The van der Waals surface area contributed by atoms with E-state index in [9.17, 15) is 9.18 Å². The highest BCUT2D eigenvalue weighted by Crippen LogP contribution is 2.25. The predicted octanol–water partition coefficient (Wildman–Crippen LogP) is 2.61. The average Bonchev–Trinajstić information content (AvgIpc) is 3.13. The molecule has 134 valence electrons. The summed E-state index contributed by atoms with van der Waals surface area (Å²) >= 11 is 0. The highest BCUT2D eigenvalue weighted by atomic mass is 19.1. The molecule has 0 spiro atoms. The highest BCUT2D eigenvalue weighted by Gasteiger charge is 2.22. The van der Waals surface area contributed by atoms with Gasteiger partial charge in [0.25, 0.3) is 0 Å². The Morgan fingerprint density at radius 3 is 2.65 bits per heavy atom. The van der Waals surface area contributed by atoms with Gasteiger partial charge in [-0.1, -0.05) is 5.21 Å². The number of H-pyrrole nitrogens is 1. The van der Waals surface area contributed by atoms with Crippen molar-refractivity contribution >= 4 is 0 Å². The first kappa shape index (κ1) is 16.7. The van der Waals surface area contributed by atoms with Crippen LogP contribution >= 0.6 is 0 Å². The summed E-state index contributed by atoms with van der Waals surface area (Å²) in [7, 11) is 0. The molecule has 6 nitrogen and oxygen atoms in total. The van der Waals surface area contributed by atoms with Gasteiger partial charge < -0.3 is 4.98 Å². The molecular formula is C19H20FN5O. The van der Waals surface area contributed by atoms with Gasteiger partial charge in [-0.25, -0.2) is 9.07 Å². The molecule has 0 radical (unpaired) electrons. The Morgan fingerprint density at radius 1 is 1.15 bits per heavy atom. The summed E-state index contributed by atoms with van der Waals surface area (Å²) in [6, 6.07) is 10.2. The number of aromatic nitrogens is 4. The molecule has 1 aliphatic heterocycles. The fourth-order valence-electron chi connectivity index (χ4n) is 3.40. The van der Waals surface area contributed by atoms with Crippen molar-refractivity contribution in [3.05, 3.63) is 70.5 Å². The van der Waals surface area contributed by atoms with E-state index < -0.39 is 0 Å². The van der Waals surface area contributed by atoms with E-state index in [1.807, 2.05) is 16.9 Å². The predicted molar refractivity (Wildman–Crippen MR) is 96.0 cm³/mol. The zero-order valence-electron chi connectivity index (χ0n) is 14.3. The van der Waals surface area contributed by atoms with E-state index in [1.54, 1.807) is 24.4 Å². The summed E-state index contributed by atoms with van der Waals surface area (Å²) in [5.41, 5.74) is 2.60. The molecule has 1 N–H and O–H groups in total. The number of hydrogen-bond donors (Lipinski definition) is 1. The Kier molecular flexibility index (Phi) is 4.62. The van der Waals surface area contributed by atoms with Gasteiger partial charge in [0.1, 0.15) is 11.5 Å². The first-order valence-electron chi connectivity index (χ1n) is 8.75. The van der Waals surface area contributed by atoms with Crippen molar-refractivity contribution in [1.82, 2.24) is 24.9 Å². The standard InChI is InChI=1S/C19H20FN5O/c20-16-3-1-15(2-4-16)18-13-25(23-22-18)17-6-9-24(10-7-17)12-14-5-8-21-19(26)11-14/h1-5,8,11,13,17H,6-7,9-10,12H2,(H,21,26). The lowest BCUT2D eigenvalue weighted by atomic mass is 10.0. The molecule has 0 amide bonds. The van der Waals surface area contributed by atoms with Crippen molar-refractivity contribution in [2.45, 2.75) is 25.4 Å². The third-order valence-corrected chi connectivity index (χ3v) is 4.83. The summed E-state index contributed by atoms with van der Waals surface area (Å²) in [4.78, 5) is 16.4. The number of likely N-dealkylation sites (tertiary alicyclic amines) is 1. The number of pyridine rings is 1. The van der Waals surface area contributed by atoms with Crippen molar-refractivity contribution in [3.63, 3.8) is 0 Å². The minimum atomic E-state index is -0.256. The lowest BCUT2D eigenvalue weighted by molar-refractivity contribution is 0.172. The topological polar surface area (TPSA) is 66.8 Å². The molecule has 0 aliphatic carbocycles. The summed E-state index contributed by atoms with van der Waals surface area (Å²) < 4.78 is 15.0. The Labute approximate surface area is 150 Å². The molecule has 0 unspecified atom stereocenters. The van der Waals surface area contributed by atoms with Crippen LogP contribution in [0.4, 0.5) is 4.39 Å². The van der Waals surface area contributed by atoms with Crippen LogP contribution in [0, 0.1) is 5.82 Å². The fraction of sp³-hybridized carbons (Fsp3) is 0.316. The molecule has 1 aliphatic rings. The molecule has 1 saturated heterocycles. The minimum Gasteiger partial charge on any atom is -0.329 e. The number of halogens is 1. The summed E-state index contributed by atoms with van der Waals surface area (Å²) in [6.45, 7) is 2.68. The Balaban J connectivity index is 1.37. The van der Waals surface area contributed by atoms with Crippen LogP contribution in [0.1, 0.15) is 24.4 Å². The van der Waals surface area contributed by atoms with E-state index in [4.69, 9.17) is 0 Å². The number of benzene rings is 1. The number of rotatable bonds is 4. The van der Waals surface area contributed by atoms with Crippen LogP contribution in [-0.4, -0.2) is 38.0 Å². The van der Waals surface area contributed by atoms with Gasteiger partial charge in [-0.15, -0.1) is 5.10 Å². The molecule has 0 atom stereocenters. The molecule has 7 heteroatoms. The van der Waals surface area contributed by atoms with E-state index in [0.717, 1.165) is 49.3 Å². The minimum absolute atomic E-state index is 0.0617. The molecule has 0 saturated carbocycles. The summed E-state index contributed by atoms with van der Waals surface area (Å²) in [5, 5.41) is 8.49. The highest BCUT2D eigenvalue weighted by molar-refractivity contribution is 5.57. The SMILES string of the molecule is O=c1cc(CN2CCC(n3cc(-c4ccc(F)cc4)nn3)CC2)cc[nH]1. The molecule has 1 fully saturated rings. The maximum absolute atomic E-state index is 13.0. The Bertz CT molecular complexity index is 925. The van der Waals surface area contributed by atoms with Crippen molar-refractivity contribution < 1.29 is 4.39 Å². The molecule has 2 aromatic heterocycles. The maximum Gasteiger partial charge on any atom is 0.248 e. The van der Waals surface area contributed by atoms with Crippen molar-refractivity contribution in [3.8, 4) is 11.3 Å². The van der Waals surface area contributed by atoms with Gasteiger partial charge in [-0.3, -0.25) is 9.69 Å². The van der Waals surface area contributed by atoms with Crippen LogP contribution in [0.2, 0.25) is 0 Å². The largest absolute Gasteiger partial charge is 0.329 e. The van der Waals surface area contributed by atoms with Crippen LogP contribution in [0.3, 0.4) is 0 Å². The van der Waals surface area contributed by atoms with Crippen molar-refractivity contribution in [2.75, 3.05) is 13.1 Å². The lowest BCUT2D eigenvalue weighted by Crippen LogP contribution is -2.34. The molecule has 26 heavy (non-hydrogen) atoms. The van der Waals surface area contributed by atoms with Gasteiger partial charge in [0.15, 0.2) is 0 Å². The van der Waals surface area contributed by atoms with Crippen LogP contribution < -0.4 is 5.56 Å². The second-order valence-corrected chi connectivity index (χ2v) is 6.66. The van der Waals surface area contributed by atoms with E-state index in [1.165, 1.54) is 12.1 Å². The second kappa shape index (κ2) is 7.21. The third-order valence-electron chi connectivity index (χ3n) is 4.83. The number of nitrogens with zero attached hydrogens (tertiary/aromatic N) is 4. The molecule has 3 aromatic rings. The Hall–Kier alpha value is -2.80. The van der Waals surface area contributed by atoms with E-state index >= 15 is 0 Å². The molecule has 1 aromatic carbocycles. The van der Waals surface area contributed by atoms with E-state index in [0.29, 0.717) is 6.04 Å². The third kappa shape index (κ3) is 3.72. The van der Waals surface area contributed by atoms with E-state index in [-0.39, 0.29) is 11.4 Å². The van der Waals surface area contributed by atoms with Gasteiger partial charge in [0.2, 0.25) is 5.56 Å². The van der Waals surface area contributed by atoms with E-state index in [2.05, 4.69) is 20.2 Å². The average molecular weight is 353 g/mol. The monoisotopic (exact) mass is 353 g/mol. The van der Waals surface area contributed by atoms with Crippen LogP contribution in [0.5, 0.6) is 0 Å². The number of aromatic amines is 1. The van der Waals surface area contributed by atoms with Gasteiger partial charge in [0.05, 0.1) is 12.2 Å². The molecule has 0 bridgehead atoms. The zero-order chi connectivity index (χ0) is 17.9. The van der Waals surface area contributed by atoms with Gasteiger partial charge in [-0.05, 0) is 48.7 Å². The first-order valence-corrected chi connectivity index (χ1v) is 8.75. The maximum atomic E-state index is 13.0. The number of hydrogen-bond acceptors (Lipinski definition) is 4. The van der Waals surface area contributed by atoms with Crippen molar-refractivity contribution in [2.24, 2.45) is 0 Å². The molecular weight excluding hydrogens is 333 g/mol. The van der Waals surface area contributed by atoms with Crippen molar-refractivity contribution in [1.29, 1.82) is 0 Å². The van der Waals surface area contributed by atoms with Crippen LogP contribution in [-0.2, 0) is 6.54 Å². The Morgan fingerprint density at radius 2 is 1.92 bits per heavy atom. The normalized spacial score (nSPS) is 16.0. The number of piperidine rings is 1. The molecule has 4 rings (SSSR count). The van der Waals surface area contributed by atoms with Crippen LogP contribution in [0.15, 0.2) is 53.6 Å². The first-order chi connectivity index (χ1) is 12.7. The van der Waals surface area contributed by atoms with Crippen LogP contribution in [0.25, 0.3) is 11.3 Å². The fourth-order valence-corrected chi connectivity index (χ4v) is 3.40. The van der Waals surface area contributed by atoms with Gasteiger partial charge in [0, 0.05) is 37.5 Å². The quantitative estimate of drug-likeness (QED) is 0.783. The molecule has 3 heterocycles.